The molecule has 3 rings (SSSR count). The molecular formula is C32H43NO3S. The Kier molecular flexibility index (Phi) is 16.9. The van der Waals surface area contributed by atoms with Crippen LogP contribution >= 0.6 is 11.3 Å². The Morgan fingerprint density at radius 2 is 1.41 bits per heavy atom. The lowest BCUT2D eigenvalue weighted by molar-refractivity contribution is 0.294. The average Bonchev–Trinajstić information content (AvgIpc) is 3.22. The summed E-state index contributed by atoms with van der Waals surface area (Å²) in [7, 11) is 3.29. The van der Waals surface area contributed by atoms with Crippen LogP contribution in [0.1, 0.15) is 45.7 Å². The van der Waals surface area contributed by atoms with Gasteiger partial charge >= 0.3 is 0 Å². The first-order valence-electron chi connectivity index (χ1n) is 12.4. The van der Waals surface area contributed by atoms with Crippen molar-refractivity contribution in [1.82, 2.24) is 4.57 Å². The Morgan fingerprint density at radius 3 is 1.86 bits per heavy atom. The highest BCUT2D eigenvalue weighted by atomic mass is 32.1. The predicted molar refractivity (Wildman–Crippen MR) is 163 cm³/mol. The Hall–Kier alpha value is -3.57. The minimum Gasteiger partial charge on any atom is -0.501 e. The maximum atomic E-state index is 12.7. The van der Waals surface area contributed by atoms with Crippen LogP contribution in [0.25, 0.3) is 18.3 Å². The number of hydrogen-bond acceptors (Lipinski definition) is 4. The number of aromatic nitrogens is 1. The van der Waals surface area contributed by atoms with Gasteiger partial charge in [0.25, 0.3) is 5.56 Å². The van der Waals surface area contributed by atoms with Crippen LogP contribution in [0.5, 0.6) is 5.75 Å². The van der Waals surface area contributed by atoms with Crippen LogP contribution in [0.15, 0.2) is 89.5 Å². The molecule has 1 aromatic heterocycles. The van der Waals surface area contributed by atoms with Crippen LogP contribution in [0, 0.1) is 13.8 Å². The molecule has 1 heterocycles. The van der Waals surface area contributed by atoms with Gasteiger partial charge in [-0.1, -0.05) is 88.4 Å². The molecule has 0 aliphatic carbocycles. The maximum absolute atomic E-state index is 12.7. The number of hydrogen-bond donors (Lipinski definition) is 0. The van der Waals surface area contributed by atoms with Crippen LogP contribution in [0.3, 0.4) is 0 Å². The van der Waals surface area contributed by atoms with Crippen LogP contribution in [-0.2, 0) is 4.74 Å². The van der Waals surface area contributed by atoms with E-state index < -0.39 is 0 Å². The summed E-state index contributed by atoms with van der Waals surface area (Å²) in [5.41, 5.74) is 3.99. The number of ether oxygens (including phenoxy) is 2. The second kappa shape index (κ2) is 18.7. The largest absolute Gasteiger partial charge is 0.501 e. The lowest BCUT2D eigenvalue weighted by atomic mass is 10.2. The van der Waals surface area contributed by atoms with E-state index in [1.165, 1.54) is 16.9 Å². The van der Waals surface area contributed by atoms with Crippen LogP contribution in [0.4, 0.5) is 0 Å². The maximum Gasteiger partial charge on any atom is 0.273 e. The van der Waals surface area contributed by atoms with Crippen molar-refractivity contribution in [2.24, 2.45) is 0 Å². The highest BCUT2D eigenvalue weighted by Crippen LogP contribution is 2.09. The molecule has 0 unspecified atom stereocenters. The quantitative estimate of drug-likeness (QED) is 0.256. The first-order chi connectivity index (χ1) is 17.8. The van der Waals surface area contributed by atoms with Gasteiger partial charge in [0.15, 0.2) is 0 Å². The molecule has 0 bridgehead atoms. The van der Waals surface area contributed by atoms with E-state index in [1.54, 1.807) is 24.9 Å². The molecular weight excluding hydrogens is 478 g/mol. The Labute approximate surface area is 227 Å². The second-order valence-electron chi connectivity index (χ2n) is 7.35. The lowest BCUT2D eigenvalue weighted by Crippen LogP contribution is -2.29. The van der Waals surface area contributed by atoms with E-state index in [0.717, 1.165) is 28.3 Å². The molecule has 0 aliphatic rings. The van der Waals surface area contributed by atoms with Crippen molar-refractivity contribution in [3.8, 4) is 11.4 Å². The minimum absolute atomic E-state index is 0.0750. The van der Waals surface area contributed by atoms with Gasteiger partial charge in [0.05, 0.1) is 34.9 Å². The molecule has 0 saturated heterocycles. The van der Waals surface area contributed by atoms with E-state index in [0.29, 0.717) is 9.20 Å². The number of benzene rings is 2. The minimum atomic E-state index is -0.0750. The fourth-order valence-corrected chi connectivity index (χ4v) is 3.68. The summed E-state index contributed by atoms with van der Waals surface area (Å²) in [6, 6.07) is 15.8. The standard InChI is InChI=1S/C20H21NO2S.C8H10O.2C2H6/c1-6-17(10-9-15(3)23-5)13-19-20(22)21(16(4)24-19)18-11-7-14(2)8-12-18;1-7-3-5-8(9-2)6-4-7;2*1-2/h6-13H,1,4H2,2-3,5H3;3-6H,1-2H3;2*1-2H3/b15-9+,17-10+,19-13-;;;. The molecule has 4 nitrogen and oxygen atoms in total. The fourth-order valence-electron chi connectivity index (χ4n) is 2.77. The van der Waals surface area contributed by atoms with Crippen LogP contribution in [-0.4, -0.2) is 18.8 Å². The van der Waals surface area contributed by atoms with Gasteiger partial charge in [0.1, 0.15) is 5.75 Å². The smallest absolute Gasteiger partial charge is 0.273 e. The van der Waals surface area contributed by atoms with Crippen LogP contribution in [0.2, 0.25) is 0 Å². The molecule has 0 aliphatic heterocycles. The van der Waals surface area contributed by atoms with Crippen molar-refractivity contribution in [3.63, 3.8) is 0 Å². The number of methoxy groups -OCH3 is 2. The summed E-state index contributed by atoms with van der Waals surface area (Å²) in [5.74, 6) is 1.70. The first kappa shape index (κ1) is 33.4. The fraction of sp³-hybridized carbons (Fsp3) is 0.281. The third-order valence-corrected chi connectivity index (χ3v) is 5.74. The molecule has 0 N–H and O–H groups in total. The number of thiazole rings is 1. The monoisotopic (exact) mass is 521 g/mol. The Morgan fingerprint density at radius 1 is 0.892 bits per heavy atom. The van der Waals surface area contributed by atoms with Gasteiger partial charge in [-0.2, -0.15) is 0 Å². The zero-order chi connectivity index (χ0) is 28.4. The van der Waals surface area contributed by atoms with Gasteiger partial charge in [-0.15, -0.1) is 11.3 Å². The number of rotatable bonds is 6. The van der Waals surface area contributed by atoms with Crippen molar-refractivity contribution in [3.05, 3.63) is 115 Å². The number of nitrogens with zero attached hydrogens (tertiary/aromatic N) is 1. The second-order valence-corrected chi connectivity index (χ2v) is 8.47. The van der Waals surface area contributed by atoms with E-state index >= 15 is 0 Å². The highest BCUT2D eigenvalue weighted by Gasteiger charge is 2.05. The average molecular weight is 522 g/mol. The molecule has 0 atom stereocenters. The number of aryl methyl sites for hydroxylation is 2. The summed E-state index contributed by atoms with van der Waals surface area (Å²) >= 11 is 1.37. The van der Waals surface area contributed by atoms with Crippen molar-refractivity contribution >= 4 is 24.0 Å². The summed E-state index contributed by atoms with van der Waals surface area (Å²) in [4.78, 5) is 12.7. The molecule has 0 fully saturated rings. The summed E-state index contributed by atoms with van der Waals surface area (Å²) in [5, 5.41) is 0. The normalized spacial score (nSPS) is 11.1. The van der Waals surface area contributed by atoms with E-state index in [-0.39, 0.29) is 5.56 Å². The molecule has 3 aromatic rings. The summed E-state index contributed by atoms with van der Waals surface area (Å²) in [6.45, 7) is 21.7. The van der Waals surface area contributed by atoms with Crippen molar-refractivity contribution in [1.29, 1.82) is 0 Å². The van der Waals surface area contributed by atoms with Gasteiger partial charge in [-0.05, 0) is 62.8 Å². The Bertz CT molecular complexity index is 1290. The van der Waals surface area contributed by atoms with Crippen molar-refractivity contribution < 1.29 is 9.47 Å². The molecule has 200 valence electrons. The van der Waals surface area contributed by atoms with Gasteiger partial charge in [0, 0.05) is 0 Å². The molecule has 37 heavy (non-hydrogen) atoms. The van der Waals surface area contributed by atoms with Gasteiger partial charge < -0.3 is 9.47 Å². The topological polar surface area (TPSA) is 40.5 Å². The molecule has 0 radical (unpaired) electrons. The first-order valence-corrected chi connectivity index (χ1v) is 13.3. The lowest BCUT2D eigenvalue weighted by Gasteiger charge is -2.01. The molecule has 0 spiro atoms. The van der Waals surface area contributed by atoms with Gasteiger partial charge in [-0.3, -0.25) is 9.36 Å². The van der Waals surface area contributed by atoms with Gasteiger partial charge in [0.2, 0.25) is 0 Å². The predicted octanol–water partition coefficient (Wildman–Crippen LogP) is 7.12. The molecule has 5 heteroatoms. The van der Waals surface area contributed by atoms with Gasteiger partial charge in [-0.25, -0.2) is 0 Å². The Balaban J connectivity index is 0.000000829. The zero-order valence-electron chi connectivity index (χ0n) is 23.9. The summed E-state index contributed by atoms with van der Waals surface area (Å²) < 4.78 is 13.0. The number of allylic oxidation sites excluding steroid dienone is 5. The molecule has 2 aromatic carbocycles. The molecule has 0 amide bonds. The highest BCUT2D eigenvalue weighted by molar-refractivity contribution is 7.07. The third kappa shape index (κ3) is 11.4. The van der Waals surface area contributed by atoms with E-state index in [4.69, 9.17) is 9.47 Å². The zero-order valence-corrected chi connectivity index (χ0v) is 24.7. The van der Waals surface area contributed by atoms with E-state index in [9.17, 15) is 4.79 Å². The van der Waals surface area contributed by atoms with E-state index in [2.05, 4.69) is 20.1 Å². The SMILES string of the molecule is C=CC(/C=c1\sc(=C)n(-c2ccc(C)cc2)c1=O)=C\C=C(/C)OC.CC.CC.COc1ccc(C)cc1. The third-order valence-electron chi connectivity index (χ3n) is 4.81. The van der Waals surface area contributed by atoms with Crippen molar-refractivity contribution in [2.45, 2.75) is 48.5 Å². The van der Waals surface area contributed by atoms with E-state index in [1.807, 2.05) is 108 Å². The molecule has 0 saturated carbocycles. The summed E-state index contributed by atoms with van der Waals surface area (Å²) in [6.07, 6.45) is 7.23. The van der Waals surface area contributed by atoms with Crippen molar-refractivity contribution in [2.75, 3.05) is 14.2 Å². The van der Waals surface area contributed by atoms with Crippen LogP contribution < -0.4 is 19.5 Å².